The van der Waals surface area contributed by atoms with Gasteiger partial charge in [-0.05, 0) is 24.1 Å². The van der Waals surface area contributed by atoms with Crippen molar-refractivity contribution < 1.29 is 13.2 Å². The van der Waals surface area contributed by atoms with Crippen LogP contribution in [0.3, 0.4) is 0 Å². The molecule has 132 valence electrons. The van der Waals surface area contributed by atoms with E-state index < -0.39 is 9.84 Å². The Morgan fingerprint density at radius 2 is 1.64 bits per heavy atom. The highest BCUT2D eigenvalue weighted by molar-refractivity contribution is 7.91. The van der Waals surface area contributed by atoms with Gasteiger partial charge in [-0.15, -0.1) is 0 Å². The van der Waals surface area contributed by atoms with Gasteiger partial charge in [-0.3, -0.25) is 4.90 Å². The van der Waals surface area contributed by atoms with Crippen LogP contribution in [0.2, 0.25) is 0 Å². The predicted molar refractivity (Wildman–Crippen MR) is 99.3 cm³/mol. The van der Waals surface area contributed by atoms with Gasteiger partial charge in [0.1, 0.15) is 0 Å². The summed E-state index contributed by atoms with van der Waals surface area (Å²) < 4.78 is 23.5. The monoisotopic (exact) mass is 358 g/mol. The van der Waals surface area contributed by atoms with E-state index in [1.54, 1.807) is 16.8 Å². The molecule has 0 saturated carbocycles. The molecule has 2 amide bonds. The molecule has 2 aromatic rings. The van der Waals surface area contributed by atoms with Crippen LogP contribution in [0.1, 0.15) is 12.0 Å². The first kappa shape index (κ1) is 17.5. The van der Waals surface area contributed by atoms with Gasteiger partial charge in [0.25, 0.3) is 0 Å². The number of hydrogen-bond acceptors (Lipinski definition) is 3. The molecule has 0 aromatic heterocycles. The molecule has 2 aromatic carbocycles. The van der Waals surface area contributed by atoms with Crippen molar-refractivity contribution in [1.29, 1.82) is 0 Å². The maximum atomic E-state index is 13.1. The zero-order valence-corrected chi connectivity index (χ0v) is 15.0. The predicted octanol–water partition coefficient (Wildman–Crippen LogP) is 2.93. The number of rotatable bonds is 4. The second-order valence-corrected chi connectivity index (χ2v) is 8.59. The highest BCUT2D eigenvalue weighted by Crippen LogP contribution is 2.22. The average molecular weight is 358 g/mol. The molecule has 25 heavy (non-hydrogen) atoms. The Morgan fingerprint density at radius 1 is 1.04 bits per heavy atom. The lowest BCUT2D eigenvalue weighted by atomic mass is 10.2. The molecule has 3 rings (SSSR count). The summed E-state index contributed by atoms with van der Waals surface area (Å²) in [6.45, 7) is 0.438. The molecule has 1 atom stereocenters. The third-order valence-corrected chi connectivity index (χ3v) is 6.29. The molecular formula is C19H22N2O3S. The van der Waals surface area contributed by atoms with Gasteiger partial charge >= 0.3 is 6.03 Å². The fourth-order valence-electron chi connectivity index (χ4n) is 3.07. The van der Waals surface area contributed by atoms with E-state index in [-0.39, 0.29) is 23.6 Å². The van der Waals surface area contributed by atoms with Gasteiger partial charge in [0.2, 0.25) is 0 Å². The number of benzene rings is 2. The van der Waals surface area contributed by atoms with Crippen LogP contribution in [0.4, 0.5) is 10.5 Å². The fraction of sp³-hybridized carbons (Fsp3) is 0.316. The minimum Gasteiger partial charge on any atom is -0.323 e. The van der Waals surface area contributed by atoms with E-state index >= 15 is 0 Å². The Labute approximate surface area is 148 Å². The zero-order chi connectivity index (χ0) is 17.9. The zero-order valence-electron chi connectivity index (χ0n) is 14.2. The Balaban J connectivity index is 1.84. The smallest absolute Gasteiger partial charge is 0.323 e. The number of anilines is 1. The first-order chi connectivity index (χ1) is 12.0. The summed E-state index contributed by atoms with van der Waals surface area (Å²) in [5.41, 5.74) is 1.82. The van der Waals surface area contributed by atoms with Crippen LogP contribution in [-0.4, -0.2) is 43.9 Å². The largest absolute Gasteiger partial charge is 0.324 e. The van der Waals surface area contributed by atoms with E-state index in [0.717, 1.165) is 11.3 Å². The summed E-state index contributed by atoms with van der Waals surface area (Å²) in [6, 6.07) is 18.8. The minimum absolute atomic E-state index is 0.0448. The summed E-state index contributed by atoms with van der Waals surface area (Å²) in [7, 11) is -1.35. The minimum atomic E-state index is -3.04. The topological polar surface area (TPSA) is 57.7 Å². The van der Waals surface area contributed by atoms with Gasteiger partial charge in [0, 0.05) is 18.8 Å². The number of carbonyl (C=O) groups is 1. The van der Waals surface area contributed by atoms with Gasteiger partial charge in [0.05, 0.1) is 18.1 Å². The number of urea groups is 1. The van der Waals surface area contributed by atoms with E-state index in [1.807, 2.05) is 60.7 Å². The molecule has 1 unspecified atom stereocenters. The van der Waals surface area contributed by atoms with E-state index in [0.29, 0.717) is 13.0 Å². The standard InChI is InChI=1S/C19H22N2O3S/c1-20(18-12-13-25(23,24)15-18)19(22)21(17-10-6-3-7-11-17)14-16-8-4-2-5-9-16/h2-11,18H,12-15H2,1H3. The van der Waals surface area contributed by atoms with Crippen LogP contribution < -0.4 is 4.90 Å². The van der Waals surface area contributed by atoms with E-state index in [9.17, 15) is 13.2 Å². The number of amides is 2. The molecule has 1 saturated heterocycles. The molecule has 5 nitrogen and oxygen atoms in total. The van der Waals surface area contributed by atoms with Crippen LogP contribution in [0.15, 0.2) is 60.7 Å². The molecular weight excluding hydrogens is 336 g/mol. The summed E-state index contributed by atoms with van der Waals surface area (Å²) in [4.78, 5) is 16.4. The molecule has 1 heterocycles. The van der Waals surface area contributed by atoms with Crippen LogP contribution in [0.5, 0.6) is 0 Å². The number of nitrogens with zero attached hydrogens (tertiary/aromatic N) is 2. The first-order valence-electron chi connectivity index (χ1n) is 8.30. The second-order valence-electron chi connectivity index (χ2n) is 6.36. The van der Waals surface area contributed by atoms with Crippen molar-refractivity contribution in [3.05, 3.63) is 66.2 Å². The van der Waals surface area contributed by atoms with Crippen LogP contribution in [0.25, 0.3) is 0 Å². The SMILES string of the molecule is CN(C(=O)N(Cc1ccccc1)c1ccccc1)C1CCS(=O)(=O)C1. The molecule has 0 radical (unpaired) electrons. The van der Waals surface area contributed by atoms with Crippen molar-refractivity contribution in [2.75, 3.05) is 23.5 Å². The summed E-state index contributed by atoms with van der Waals surface area (Å²) in [6.07, 6.45) is 0.499. The average Bonchev–Trinajstić information content (AvgIpc) is 3.00. The lowest BCUT2D eigenvalue weighted by molar-refractivity contribution is 0.201. The van der Waals surface area contributed by atoms with Crippen LogP contribution >= 0.6 is 0 Å². The van der Waals surface area contributed by atoms with E-state index in [4.69, 9.17) is 0 Å². The molecule has 1 aliphatic heterocycles. The fourth-order valence-corrected chi connectivity index (χ4v) is 4.85. The normalized spacial score (nSPS) is 18.7. The molecule has 0 N–H and O–H groups in total. The van der Waals surface area contributed by atoms with Crippen molar-refractivity contribution in [3.63, 3.8) is 0 Å². The lowest BCUT2D eigenvalue weighted by Crippen LogP contribution is -2.46. The summed E-state index contributed by atoms with van der Waals surface area (Å²) in [5, 5.41) is 0. The summed E-state index contributed by atoms with van der Waals surface area (Å²) in [5.74, 6) is 0.197. The Bertz CT molecular complexity index is 822. The number of hydrogen-bond donors (Lipinski definition) is 0. The van der Waals surface area contributed by atoms with Gasteiger partial charge in [-0.2, -0.15) is 0 Å². The lowest BCUT2D eigenvalue weighted by Gasteiger charge is -2.31. The van der Waals surface area contributed by atoms with Crippen molar-refractivity contribution in [1.82, 2.24) is 4.90 Å². The third-order valence-electron chi connectivity index (χ3n) is 4.54. The van der Waals surface area contributed by atoms with Gasteiger partial charge in [-0.25, -0.2) is 13.2 Å². The highest BCUT2D eigenvalue weighted by atomic mass is 32.2. The Kier molecular flexibility index (Phi) is 5.08. The van der Waals surface area contributed by atoms with E-state index in [2.05, 4.69) is 0 Å². The van der Waals surface area contributed by atoms with Crippen molar-refractivity contribution in [3.8, 4) is 0 Å². The maximum absolute atomic E-state index is 13.1. The highest BCUT2D eigenvalue weighted by Gasteiger charge is 2.34. The van der Waals surface area contributed by atoms with Crippen molar-refractivity contribution in [2.24, 2.45) is 0 Å². The molecule has 0 aliphatic carbocycles. The molecule has 1 fully saturated rings. The molecule has 0 spiro atoms. The Morgan fingerprint density at radius 3 is 2.20 bits per heavy atom. The number of sulfone groups is 1. The third kappa shape index (κ3) is 4.20. The second kappa shape index (κ2) is 7.27. The maximum Gasteiger partial charge on any atom is 0.324 e. The van der Waals surface area contributed by atoms with Gasteiger partial charge in [0.15, 0.2) is 9.84 Å². The van der Waals surface area contributed by atoms with E-state index in [1.165, 1.54) is 0 Å². The van der Waals surface area contributed by atoms with Crippen molar-refractivity contribution in [2.45, 2.75) is 19.0 Å². The van der Waals surface area contributed by atoms with Crippen LogP contribution in [-0.2, 0) is 16.4 Å². The van der Waals surface area contributed by atoms with Crippen molar-refractivity contribution >= 4 is 21.6 Å². The summed E-state index contributed by atoms with van der Waals surface area (Å²) >= 11 is 0. The number of para-hydroxylation sites is 1. The van der Waals surface area contributed by atoms with Gasteiger partial charge in [-0.1, -0.05) is 48.5 Å². The first-order valence-corrected chi connectivity index (χ1v) is 10.1. The van der Waals surface area contributed by atoms with Crippen LogP contribution in [0, 0.1) is 0 Å². The molecule has 0 bridgehead atoms. The van der Waals surface area contributed by atoms with Gasteiger partial charge < -0.3 is 4.90 Å². The molecule has 1 aliphatic rings. The molecule has 6 heteroatoms. The quantitative estimate of drug-likeness (QED) is 0.844. The Hall–Kier alpha value is -2.34. The number of carbonyl (C=O) groups excluding carboxylic acids is 1.